The predicted octanol–water partition coefficient (Wildman–Crippen LogP) is 4.99. The highest BCUT2D eigenvalue weighted by atomic mass is 35.5. The Hall–Kier alpha value is -4.18. The minimum Gasteiger partial charge on any atom is -0.477 e. The van der Waals surface area contributed by atoms with Gasteiger partial charge in [0.1, 0.15) is 5.75 Å². The molecule has 1 atom stereocenters. The molecular weight excluding hydrogens is 586 g/mol. The Kier molecular flexibility index (Phi) is 9.45. The molecule has 0 radical (unpaired) electrons. The molecule has 0 saturated heterocycles. The van der Waals surface area contributed by atoms with Gasteiger partial charge < -0.3 is 15.0 Å². The monoisotopic (exact) mass is 617 g/mol. The number of nitrogens with one attached hydrogen (secondary N) is 1. The highest BCUT2D eigenvalue weighted by Gasteiger charge is 2.36. The first-order valence-electron chi connectivity index (χ1n) is 13.9. The van der Waals surface area contributed by atoms with Crippen molar-refractivity contribution in [3.05, 3.63) is 125 Å². The molecule has 222 valence electrons. The van der Waals surface area contributed by atoms with Gasteiger partial charge in [-0.15, -0.1) is 0 Å². The Morgan fingerprint density at radius 2 is 1.63 bits per heavy atom. The molecular formula is C33H32ClN3O5S. The van der Waals surface area contributed by atoms with Crippen LogP contribution in [-0.4, -0.2) is 50.3 Å². The van der Waals surface area contributed by atoms with Crippen LogP contribution >= 0.6 is 11.6 Å². The summed E-state index contributed by atoms with van der Waals surface area (Å²) < 4.78 is 34.8. The van der Waals surface area contributed by atoms with Gasteiger partial charge in [0.05, 0.1) is 23.7 Å². The van der Waals surface area contributed by atoms with Gasteiger partial charge in [0.2, 0.25) is 15.9 Å². The number of aryl methyl sites for hydroxylation is 1. The van der Waals surface area contributed by atoms with Gasteiger partial charge in [-0.3, -0.25) is 9.59 Å². The van der Waals surface area contributed by atoms with E-state index in [1.807, 2.05) is 37.3 Å². The molecule has 0 aromatic heterocycles. The van der Waals surface area contributed by atoms with Gasteiger partial charge in [-0.2, -0.15) is 4.31 Å². The quantitative estimate of drug-likeness (QED) is 0.270. The number of amides is 2. The number of fused-ring (bicyclic) bond motifs is 1. The van der Waals surface area contributed by atoms with Crippen molar-refractivity contribution in [3.8, 4) is 5.75 Å². The van der Waals surface area contributed by atoms with Crippen molar-refractivity contribution in [3.63, 3.8) is 0 Å². The van der Waals surface area contributed by atoms with Crippen molar-refractivity contribution < 1.29 is 22.7 Å². The summed E-state index contributed by atoms with van der Waals surface area (Å²) >= 11 is 6.18. The third-order valence-corrected chi connectivity index (χ3v) is 9.18. The molecule has 5 rings (SSSR count). The van der Waals surface area contributed by atoms with Crippen molar-refractivity contribution in [2.75, 3.05) is 24.5 Å². The number of anilines is 1. The van der Waals surface area contributed by atoms with E-state index in [2.05, 4.69) is 5.32 Å². The summed E-state index contributed by atoms with van der Waals surface area (Å²) in [5, 5.41) is 3.36. The summed E-state index contributed by atoms with van der Waals surface area (Å²) in [6.45, 7) is 1.67. The highest BCUT2D eigenvalue weighted by Crippen LogP contribution is 2.34. The largest absolute Gasteiger partial charge is 0.477 e. The molecule has 1 aliphatic rings. The summed E-state index contributed by atoms with van der Waals surface area (Å²) in [4.78, 5) is 28.6. The second-order valence-electron chi connectivity index (χ2n) is 10.3. The predicted molar refractivity (Wildman–Crippen MR) is 167 cm³/mol. The first kappa shape index (κ1) is 30.3. The van der Waals surface area contributed by atoms with Crippen LogP contribution in [0.4, 0.5) is 5.69 Å². The number of nitrogens with zero attached hydrogens (tertiary/aromatic N) is 2. The summed E-state index contributed by atoms with van der Waals surface area (Å²) in [6, 6.07) is 30.0. The Morgan fingerprint density at radius 1 is 0.930 bits per heavy atom. The fourth-order valence-electron chi connectivity index (χ4n) is 4.86. The molecule has 0 spiro atoms. The SMILES string of the molecule is Cc1ccc(S(=O)(=O)N(CC(=O)N2C[C@@H](C(=O)NCCc3ccccc3)Oc3ccccc32)Cc2cccc(Cl)c2)cc1. The highest BCUT2D eigenvalue weighted by molar-refractivity contribution is 7.89. The number of rotatable bonds is 10. The van der Waals surface area contributed by atoms with Crippen LogP contribution in [0.25, 0.3) is 0 Å². The molecule has 1 heterocycles. The van der Waals surface area contributed by atoms with Crippen molar-refractivity contribution in [1.29, 1.82) is 0 Å². The number of hydrogen-bond donors (Lipinski definition) is 1. The summed E-state index contributed by atoms with van der Waals surface area (Å²) in [5.74, 6) is -0.477. The zero-order valence-corrected chi connectivity index (χ0v) is 25.2. The molecule has 8 nitrogen and oxygen atoms in total. The summed E-state index contributed by atoms with van der Waals surface area (Å²) in [6.07, 6.45) is -0.321. The van der Waals surface area contributed by atoms with Gasteiger partial charge in [0.15, 0.2) is 6.10 Å². The van der Waals surface area contributed by atoms with E-state index in [1.54, 1.807) is 60.7 Å². The molecule has 0 unspecified atom stereocenters. The Balaban J connectivity index is 1.38. The van der Waals surface area contributed by atoms with Gasteiger partial charge in [0, 0.05) is 18.1 Å². The van der Waals surface area contributed by atoms with Crippen molar-refractivity contribution in [2.45, 2.75) is 30.9 Å². The number of ether oxygens (including phenoxy) is 1. The molecule has 1 N–H and O–H groups in total. The van der Waals surface area contributed by atoms with Gasteiger partial charge >= 0.3 is 0 Å². The third kappa shape index (κ3) is 7.43. The summed E-state index contributed by atoms with van der Waals surface area (Å²) in [5.41, 5.74) is 3.10. The number of benzene rings is 4. The van der Waals surface area contributed by atoms with E-state index in [-0.39, 0.29) is 23.9 Å². The average Bonchev–Trinajstić information content (AvgIpc) is 3.01. The van der Waals surface area contributed by atoms with Gasteiger partial charge in [0.25, 0.3) is 5.91 Å². The van der Waals surface area contributed by atoms with E-state index in [0.717, 1.165) is 15.4 Å². The molecule has 4 aromatic carbocycles. The molecule has 4 aromatic rings. The lowest BCUT2D eigenvalue weighted by Crippen LogP contribution is -2.53. The molecule has 2 amide bonds. The Labute approximate surface area is 256 Å². The second-order valence-corrected chi connectivity index (χ2v) is 12.7. The Bertz CT molecular complexity index is 1700. The zero-order chi connectivity index (χ0) is 30.4. The van der Waals surface area contributed by atoms with Crippen LogP contribution in [-0.2, 0) is 32.6 Å². The topological polar surface area (TPSA) is 96.0 Å². The molecule has 0 fully saturated rings. The van der Waals surface area contributed by atoms with Crippen molar-refractivity contribution >= 4 is 39.1 Å². The number of hydrogen-bond acceptors (Lipinski definition) is 5. The van der Waals surface area contributed by atoms with Crippen LogP contribution < -0.4 is 15.0 Å². The minimum absolute atomic E-state index is 0.0669. The number of para-hydroxylation sites is 2. The molecule has 0 bridgehead atoms. The van der Waals surface area contributed by atoms with E-state index < -0.39 is 28.6 Å². The Morgan fingerprint density at radius 3 is 2.37 bits per heavy atom. The molecule has 0 saturated carbocycles. The van der Waals surface area contributed by atoms with Gasteiger partial charge in [-0.25, -0.2) is 8.42 Å². The van der Waals surface area contributed by atoms with Crippen molar-refractivity contribution in [2.24, 2.45) is 0 Å². The van der Waals surface area contributed by atoms with Crippen LogP contribution in [0, 0.1) is 6.92 Å². The number of carbonyl (C=O) groups excluding carboxylic acids is 2. The standard InChI is InChI=1S/C33H32ClN3O5S/c1-24-14-16-28(17-15-24)43(40,41)36(21-26-10-7-11-27(34)20-26)23-32(38)37-22-31(42-30-13-6-5-12-29(30)37)33(39)35-19-18-25-8-3-2-4-9-25/h2-17,20,31H,18-19,21-23H2,1H3,(H,35,39)/t31-/m0/s1. The number of halogens is 1. The number of sulfonamides is 1. The smallest absolute Gasteiger partial charge is 0.262 e. The lowest BCUT2D eigenvalue weighted by atomic mass is 10.1. The lowest BCUT2D eigenvalue weighted by Gasteiger charge is -2.35. The van der Waals surface area contributed by atoms with E-state index in [1.165, 1.54) is 17.0 Å². The molecule has 0 aliphatic carbocycles. The first-order chi connectivity index (χ1) is 20.7. The first-order valence-corrected chi connectivity index (χ1v) is 15.7. The average molecular weight is 618 g/mol. The molecule has 10 heteroatoms. The van der Waals surface area contributed by atoms with Gasteiger partial charge in [-0.05, 0) is 60.9 Å². The van der Waals surface area contributed by atoms with Crippen LogP contribution in [0.3, 0.4) is 0 Å². The molecule has 1 aliphatic heterocycles. The maximum Gasteiger partial charge on any atom is 0.262 e. The van der Waals surface area contributed by atoms with E-state index >= 15 is 0 Å². The molecule has 43 heavy (non-hydrogen) atoms. The van der Waals surface area contributed by atoms with Crippen LogP contribution in [0.15, 0.2) is 108 Å². The fourth-order valence-corrected chi connectivity index (χ4v) is 6.45. The summed E-state index contributed by atoms with van der Waals surface area (Å²) in [7, 11) is -4.08. The normalized spacial score (nSPS) is 14.6. The van der Waals surface area contributed by atoms with E-state index in [4.69, 9.17) is 16.3 Å². The second kappa shape index (κ2) is 13.4. The van der Waals surface area contributed by atoms with E-state index in [9.17, 15) is 18.0 Å². The zero-order valence-electron chi connectivity index (χ0n) is 23.6. The van der Waals surface area contributed by atoms with Crippen LogP contribution in [0.2, 0.25) is 5.02 Å². The van der Waals surface area contributed by atoms with Crippen molar-refractivity contribution in [1.82, 2.24) is 9.62 Å². The maximum absolute atomic E-state index is 13.9. The lowest BCUT2D eigenvalue weighted by molar-refractivity contribution is -0.128. The van der Waals surface area contributed by atoms with E-state index in [0.29, 0.717) is 35.0 Å². The van der Waals surface area contributed by atoms with Crippen LogP contribution in [0.5, 0.6) is 5.75 Å². The third-order valence-electron chi connectivity index (χ3n) is 7.14. The maximum atomic E-state index is 13.9. The number of carbonyl (C=O) groups is 2. The fraction of sp³-hybridized carbons (Fsp3) is 0.212. The van der Waals surface area contributed by atoms with Crippen LogP contribution in [0.1, 0.15) is 16.7 Å². The van der Waals surface area contributed by atoms with Gasteiger partial charge in [-0.1, -0.05) is 83.9 Å². The minimum atomic E-state index is -4.08.